The molecule has 3 aromatic rings. The minimum atomic E-state index is -0.115. The summed E-state index contributed by atoms with van der Waals surface area (Å²) in [5.41, 5.74) is 3.10. The van der Waals surface area contributed by atoms with Crippen LogP contribution in [-0.2, 0) is 22.4 Å². The number of rotatable bonds is 9. The Morgan fingerprint density at radius 2 is 1.97 bits per heavy atom. The summed E-state index contributed by atoms with van der Waals surface area (Å²) in [6.07, 6.45) is 2.53. The summed E-state index contributed by atoms with van der Waals surface area (Å²) in [6.45, 7) is 4.03. The topological polar surface area (TPSA) is 73.6 Å². The third-order valence-corrected chi connectivity index (χ3v) is 6.07. The molecule has 1 fully saturated rings. The van der Waals surface area contributed by atoms with E-state index in [0.717, 1.165) is 42.2 Å². The third-order valence-electron chi connectivity index (χ3n) is 6.07. The van der Waals surface area contributed by atoms with Gasteiger partial charge < -0.3 is 19.2 Å². The number of methoxy groups -OCH3 is 1. The molecule has 2 atom stereocenters. The molecule has 1 aliphatic heterocycles. The van der Waals surface area contributed by atoms with Gasteiger partial charge in [-0.15, -0.1) is 0 Å². The molecule has 32 heavy (non-hydrogen) atoms. The lowest BCUT2D eigenvalue weighted by molar-refractivity contribution is -0.146. The third kappa shape index (κ3) is 5.37. The summed E-state index contributed by atoms with van der Waals surface area (Å²) in [4.78, 5) is 16.6. The van der Waals surface area contributed by atoms with Gasteiger partial charge in [-0.2, -0.15) is 0 Å². The highest BCUT2D eigenvalue weighted by atomic mass is 16.5. The Hall–Kier alpha value is -3.12. The average molecular weight is 435 g/mol. The molecule has 1 N–H and O–H groups in total. The number of aromatic nitrogens is 1. The van der Waals surface area contributed by atoms with Gasteiger partial charge in [-0.05, 0) is 62.1 Å². The zero-order valence-electron chi connectivity index (χ0n) is 18.7. The van der Waals surface area contributed by atoms with Crippen LogP contribution in [0.1, 0.15) is 23.4 Å². The predicted molar refractivity (Wildman–Crippen MR) is 123 cm³/mol. The molecule has 1 aromatic heterocycles. The summed E-state index contributed by atoms with van der Waals surface area (Å²) in [6, 6.07) is 18.1. The van der Waals surface area contributed by atoms with E-state index < -0.39 is 0 Å². The molecule has 0 spiro atoms. The maximum atomic E-state index is 11.9. The molecule has 0 amide bonds. The Morgan fingerprint density at radius 3 is 2.78 bits per heavy atom. The summed E-state index contributed by atoms with van der Waals surface area (Å²) in [5, 5.41) is 3.31. The highest BCUT2D eigenvalue weighted by Gasteiger charge is 2.33. The van der Waals surface area contributed by atoms with E-state index in [0.29, 0.717) is 31.4 Å². The van der Waals surface area contributed by atoms with E-state index in [1.165, 1.54) is 12.7 Å². The molecule has 6 heteroatoms. The Bertz CT molecular complexity index is 1030. The van der Waals surface area contributed by atoms with Gasteiger partial charge in [0.05, 0.1) is 25.3 Å². The second kappa shape index (κ2) is 10.5. The van der Waals surface area contributed by atoms with Crippen molar-refractivity contribution in [2.75, 3.05) is 26.8 Å². The van der Waals surface area contributed by atoms with Crippen molar-refractivity contribution in [3.63, 3.8) is 0 Å². The van der Waals surface area contributed by atoms with Crippen LogP contribution >= 0.6 is 0 Å². The van der Waals surface area contributed by atoms with Gasteiger partial charge in [-0.1, -0.05) is 30.3 Å². The van der Waals surface area contributed by atoms with Crippen LogP contribution in [0.3, 0.4) is 0 Å². The minimum Gasteiger partial charge on any atom is -0.493 e. The summed E-state index contributed by atoms with van der Waals surface area (Å²) < 4.78 is 16.8. The van der Waals surface area contributed by atoms with E-state index in [-0.39, 0.29) is 11.9 Å². The van der Waals surface area contributed by atoms with E-state index in [1.807, 2.05) is 49.4 Å². The van der Waals surface area contributed by atoms with Gasteiger partial charge in [0.15, 0.2) is 0 Å². The van der Waals surface area contributed by atoms with Gasteiger partial charge in [-0.3, -0.25) is 4.79 Å². The fourth-order valence-corrected chi connectivity index (χ4v) is 4.24. The predicted octanol–water partition coefficient (Wildman–Crippen LogP) is 4.21. The maximum absolute atomic E-state index is 11.9. The van der Waals surface area contributed by atoms with E-state index in [2.05, 4.69) is 22.4 Å². The van der Waals surface area contributed by atoms with Crippen molar-refractivity contribution >= 4 is 5.97 Å². The molecule has 0 saturated carbocycles. The quantitative estimate of drug-likeness (QED) is 0.509. The van der Waals surface area contributed by atoms with E-state index in [9.17, 15) is 4.79 Å². The van der Waals surface area contributed by atoms with Crippen molar-refractivity contribution in [1.82, 2.24) is 10.3 Å². The van der Waals surface area contributed by atoms with E-state index in [1.54, 1.807) is 0 Å². The number of aryl methyl sites for hydroxylation is 2. The van der Waals surface area contributed by atoms with Crippen LogP contribution in [0, 0.1) is 18.8 Å². The second-order valence-corrected chi connectivity index (χ2v) is 8.22. The highest BCUT2D eigenvalue weighted by molar-refractivity contribution is 5.73. The Labute approximate surface area is 189 Å². The molecule has 2 aromatic carbocycles. The zero-order valence-corrected chi connectivity index (χ0v) is 18.7. The SMILES string of the molecule is COC(=O)[C@@H]1CNC[C@H]1CCc1cccc(OCCc2nc(-c3ccccc3)oc2C)c1. The number of ether oxygens (including phenoxy) is 2. The zero-order chi connectivity index (χ0) is 22.3. The molecule has 0 bridgehead atoms. The molecule has 0 unspecified atom stereocenters. The molecular formula is C26H30N2O4. The van der Waals surface area contributed by atoms with Crippen molar-refractivity contribution in [3.05, 3.63) is 71.6 Å². The summed E-state index contributed by atoms with van der Waals surface area (Å²) >= 11 is 0. The number of carbonyl (C=O) groups excluding carboxylic acids is 1. The Morgan fingerprint density at radius 1 is 1.12 bits per heavy atom. The van der Waals surface area contributed by atoms with Crippen LogP contribution < -0.4 is 10.1 Å². The lowest BCUT2D eigenvalue weighted by Crippen LogP contribution is -2.24. The lowest BCUT2D eigenvalue weighted by atomic mass is 9.90. The van der Waals surface area contributed by atoms with Crippen LogP contribution in [0.25, 0.3) is 11.5 Å². The van der Waals surface area contributed by atoms with Gasteiger partial charge >= 0.3 is 5.97 Å². The van der Waals surface area contributed by atoms with Crippen molar-refractivity contribution in [2.24, 2.45) is 11.8 Å². The first-order valence-electron chi connectivity index (χ1n) is 11.2. The number of nitrogens with zero attached hydrogens (tertiary/aromatic N) is 1. The number of carbonyl (C=O) groups is 1. The normalized spacial score (nSPS) is 17.9. The van der Waals surface area contributed by atoms with Crippen molar-refractivity contribution in [2.45, 2.75) is 26.2 Å². The number of oxazole rings is 1. The van der Waals surface area contributed by atoms with E-state index >= 15 is 0 Å². The molecule has 0 aliphatic carbocycles. The van der Waals surface area contributed by atoms with Crippen molar-refractivity contribution in [3.8, 4) is 17.2 Å². The summed E-state index contributed by atoms with van der Waals surface area (Å²) in [7, 11) is 1.46. The molecular weight excluding hydrogens is 404 g/mol. The fraction of sp³-hybridized carbons (Fsp3) is 0.385. The monoisotopic (exact) mass is 434 g/mol. The van der Waals surface area contributed by atoms with Gasteiger partial charge in [0, 0.05) is 18.5 Å². The molecule has 4 rings (SSSR count). The standard InChI is InChI=1S/C26H30N2O4/c1-18-24(28-25(32-18)20-8-4-3-5-9-20)13-14-31-22-10-6-7-19(15-22)11-12-21-16-27-17-23(21)26(29)30-2/h3-10,15,21,23,27H,11-14,16-17H2,1-2H3/t21-,23-/m1/s1. The van der Waals surface area contributed by atoms with Crippen molar-refractivity contribution in [1.29, 1.82) is 0 Å². The summed E-state index contributed by atoms with van der Waals surface area (Å²) in [5.74, 6) is 2.46. The molecule has 0 radical (unpaired) electrons. The lowest BCUT2D eigenvalue weighted by Gasteiger charge is -2.16. The first-order valence-corrected chi connectivity index (χ1v) is 11.2. The van der Waals surface area contributed by atoms with Crippen molar-refractivity contribution < 1.29 is 18.7 Å². The van der Waals surface area contributed by atoms with Crippen LogP contribution in [0.15, 0.2) is 59.0 Å². The molecule has 1 saturated heterocycles. The Kier molecular flexibility index (Phi) is 7.22. The van der Waals surface area contributed by atoms with Crippen LogP contribution in [0.4, 0.5) is 0 Å². The van der Waals surface area contributed by atoms with Crippen LogP contribution in [0.2, 0.25) is 0 Å². The fourth-order valence-electron chi connectivity index (χ4n) is 4.24. The largest absolute Gasteiger partial charge is 0.493 e. The Balaban J connectivity index is 1.29. The molecule has 6 nitrogen and oxygen atoms in total. The maximum Gasteiger partial charge on any atom is 0.310 e. The van der Waals surface area contributed by atoms with Gasteiger partial charge in [-0.25, -0.2) is 4.98 Å². The number of nitrogens with one attached hydrogen (secondary N) is 1. The molecule has 2 heterocycles. The van der Waals surface area contributed by atoms with Gasteiger partial charge in [0.25, 0.3) is 0 Å². The van der Waals surface area contributed by atoms with Gasteiger partial charge in [0.1, 0.15) is 11.5 Å². The van der Waals surface area contributed by atoms with E-state index in [4.69, 9.17) is 13.9 Å². The first kappa shape index (κ1) is 22.1. The molecule has 1 aliphatic rings. The highest BCUT2D eigenvalue weighted by Crippen LogP contribution is 2.25. The average Bonchev–Trinajstić information content (AvgIpc) is 3.45. The number of esters is 1. The second-order valence-electron chi connectivity index (χ2n) is 8.22. The minimum absolute atomic E-state index is 0.0501. The van der Waals surface area contributed by atoms with Gasteiger partial charge in [0.2, 0.25) is 5.89 Å². The first-order chi connectivity index (χ1) is 15.6. The van der Waals surface area contributed by atoms with Crippen LogP contribution in [-0.4, -0.2) is 37.8 Å². The number of benzene rings is 2. The molecule has 168 valence electrons. The smallest absolute Gasteiger partial charge is 0.310 e. The van der Waals surface area contributed by atoms with Crippen LogP contribution in [0.5, 0.6) is 5.75 Å². The number of hydrogen-bond acceptors (Lipinski definition) is 6. The number of hydrogen-bond donors (Lipinski definition) is 1.